The highest BCUT2D eigenvalue weighted by Gasteiger charge is 2.03. The molecule has 0 saturated carbocycles. The Morgan fingerprint density at radius 3 is 3.08 bits per heavy atom. The van der Waals surface area contributed by atoms with Gasteiger partial charge in [-0.2, -0.15) is 0 Å². The second-order valence-electron chi connectivity index (χ2n) is 2.38. The van der Waals surface area contributed by atoms with Crippen LogP contribution in [-0.2, 0) is 0 Å². The lowest BCUT2D eigenvalue weighted by Crippen LogP contribution is -1.86. The third kappa shape index (κ3) is 3.08. The normalized spacial score (nSPS) is 11.0. The topological polar surface area (TPSA) is 12.9 Å². The SMILES string of the molecule is Fc1c(C=CCCBr)ccnc1Cl. The fraction of sp³-hybridized carbons (Fsp3) is 0.222. The maximum absolute atomic E-state index is 13.2. The zero-order chi connectivity index (χ0) is 9.68. The Bertz CT molecular complexity index is 314. The van der Waals surface area contributed by atoms with E-state index < -0.39 is 5.82 Å². The van der Waals surface area contributed by atoms with E-state index >= 15 is 0 Å². The molecule has 1 heterocycles. The Hall–Kier alpha value is -0.410. The van der Waals surface area contributed by atoms with Gasteiger partial charge in [0.05, 0.1) is 0 Å². The number of alkyl halides is 1. The average molecular weight is 265 g/mol. The van der Waals surface area contributed by atoms with Crippen LogP contribution >= 0.6 is 27.5 Å². The van der Waals surface area contributed by atoms with Gasteiger partial charge in [-0.25, -0.2) is 9.37 Å². The van der Waals surface area contributed by atoms with Crippen molar-refractivity contribution in [3.8, 4) is 0 Å². The van der Waals surface area contributed by atoms with E-state index in [0.717, 1.165) is 11.8 Å². The first kappa shape index (κ1) is 10.7. The molecule has 4 heteroatoms. The summed E-state index contributed by atoms with van der Waals surface area (Å²) in [6.07, 6.45) is 5.92. The standard InChI is InChI=1S/C9H8BrClFN/c10-5-2-1-3-7-4-6-13-9(11)8(7)12/h1,3-4,6H,2,5H2. The van der Waals surface area contributed by atoms with E-state index in [1.807, 2.05) is 6.08 Å². The summed E-state index contributed by atoms with van der Waals surface area (Å²) in [6.45, 7) is 0. The third-order valence-corrected chi connectivity index (χ3v) is 2.17. The van der Waals surface area contributed by atoms with Gasteiger partial charge >= 0.3 is 0 Å². The second kappa shape index (κ2) is 5.35. The largest absolute Gasteiger partial charge is 0.242 e. The monoisotopic (exact) mass is 263 g/mol. The predicted octanol–water partition coefficient (Wildman–Crippen LogP) is 3.67. The zero-order valence-electron chi connectivity index (χ0n) is 6.80. The molecule has 70 valence electrons. The molecule has 0 spiro atoms. The van der Waals surface area contributed by atoms with Crippen molar-refractivity contribution < 1.29 is 4.39 Å². The minimum absolute atomic E-state index is 0.0824. The van der Waals surface area contributed by atoms with Gasteiger partial charge < -0.3 is 0 Å². The van der Waals surface area contributed by atoms with Crippen molar-refractivity contribution in [3.63, 3.8) is 0 Å². The highest BCUT2D eigenvalue weighted by atomic mass is 79.9. The van der Waals surface area contributed by atoms with E-state index in [1.54, 1.807) is 12.1 Å². The summed E-state index contributed by atoms with van der Waals surface area (Å²) in [4.78, 5) is 3.61. The van der Waals surface area contributed by atoms with Gasteiger partial charge in [0.15, 0.2) is 11.0 Å². The number of hydrogen-bond acceptors (Lipinski definition) is 1. The molecule has 0 aliphatic carbocycles. The molecule has 0 N–H and O–H groups in total. The summed E-state index contributed by atoms with van der Waals surface area (Å²) < 4.78 is 13.2. The lowest BCUT2D eigenvalue weighted by atomic mass is 10.2. The van der Waals surface area contributed by atoms with Crippen LogP contribution in [0.15, 0.2) is 18.3 Å². The molecule has 1 rings (SSSR count). The summed E-state index contributed by atoms with van der Waals surface area (Å²) in [7, 11) is 0. The number of hydrogen-bond donors (Lipinski definition) is 0. The number of nitrogens with zero attached hydrogens (tertiary/aromatic N) is 1. The van der Waals surface area contributed by atoms with E-state index in [1.165, 1.54) is 6.20 Å². The van der Waals surface area contributed by atoms with Gasteiger partial charge in [-0.15, -0.1) is 0 Å². The van der Waals surface area contributed by atoms with Crippen LogP contribution in [0, 0.1) is 5.82 Å². The Kier molecular flexibility index (Phi) is 4.39. The Labute approximate surface area is 89.8 Å². The van der Waals surface area contributed by atoms with Crippen molar-refractivity contribution >= 4 is 33.6 Å². The van der Waals surface area contributed by atoms with Crippen molar-refractivity contribution in [1.29, 1.82) is 0 Å². The molecule has 0 unspecified atom stereocenters. The molecule has 1 aromatic heterocycles. The summed E-state index contributed by atoms with van der Waals surface area (Å²) >= 11 is 8.77. The van der Waals surface area contributed by atoms with E-state index in [0.29, 0.717) is 5.56 Å². The van der Waals surface area contributed by atoms with Crippen molar-refractivity contribution in [2.45, 2.75) is 6.42 Å². The first-order valence-electron chi connectivity index (χ1n) is 3.78. The van der Waals surface area contributed by atoms with Gasteiger partial charge in [0.2, 0.25) is 0 Å². The van der Waals surface area contributed by atoms with Crippen LogP contribution in [0.4, 0.5) is 4.39 Å². The lowest BCUT2D eigenvalue weighted by molar-refractivity contribution is 0.619. The van der Waals surface area contributed by atoms with Crippen molar-refractivity contribution in [1.82, 2.24) is 4.98 Å². The molecule has 0 bridgehead atoms. The van der Waals surface area contributed by atoms with Gasteiger partial charge in [0.1, 0.15) is 0 Å². The summed E-state index contributed by atoms with van der Waals surface area (Å²) in [5.74, 6) is -0.463. The fourth-order valence-corrected chi connectivity index (χ4v) is 1.26. The van der Waals surface area contributed by atoms with Gasteiger partial charge in [0.25, 0.3) is 0 Å². The number of rotatable bonds is 3. The average Bonchev–Trinajstić information content (AvgIpc) is 2.13. The molecule has 0 aromatic carbocycles. The van der Waals surface area contributed by atoms with E-state index in [-0.39, 0.29) is 5.15 Å². The van der Waals surface area contributed by atoms with Gasteiger partial charge in [0, 0.05) is 17.1 Å². The van der Waals surface area contributed by atoms with Crippen molar-refractivity contribution in [2.75, 3.05) is 5.33 Å². The maximum atomic E-state index is 13.2. The first-order chi connectivity index (χ1) is 6.25. The van der Waals surface area contributed by atoms with Crippen LogP contribution in [-0.4, -0.2) is 10.3 Å². The third-order valence-electron chi connectivity index (χ3n) is 1.45. The Balaban J connectivity index is 2.83. The molecule has 0 radical (unpaired) electrons. The number of aromatic nitrogens is 1. The van der Waals surface area contributed by atoms with Crippen LogP contribution in [0.3, 0.4) is 0 Å². The fourth-order valence-electron chi connectivity index (χ4n) is 0.834. The molecule has 0 fully saturated rings. The smallest absolute Gasteiger partial charge is 0.167 e. The zero-order valence-corrected chi connectivity index (χ0v) is 9.15. The first-order valence-corrected chi connectivity index (χ1v) is 5.28. The van der Waals surface area contributed by atoms with Crippen molar-refractivity contribution in [2.24, 2.45) is 0 Å². The quantitative estimate of drug-likeness (QED) is 0.599. The van der Waals surface area contributed by atoms with E-state index in [2.05, 4.69) is 20.9 Å². The van der Waals surface area contributed by atoms with Gasteiger partial charge in [-0.3, -0.25) is 0 Å². The summed E-state index contributed by atoms with van der Waals surface area (Å²) in [6, 6.07) is 1.59. The number of allylic oxidation sites excluding steroid dienone is 1. The minimum Gasteiger partial charge on any atom is -0.242 e. The second-order valence-corrected chi connectivity index (χ2v) is 3.54. The molecule has 0 atom stereocenters. The van der Waals surface area contributed by atoms with Gasteiger partial charge in [-0.05, 0) is 12.5 Å². The lowest BCUT2D eigenvalue weighted by Gasteiger charge is -1.96. The van der Waals surface area contributed by atoms with Crippen LogP contribution in [0.25, 0.3) is 6.08 Å². The Morgan fingerprint density at radius 2 is 2.38 bits per heavy atom. The minimum atomic E-state index is -0.463. The molecule has 1 nitrogen and oxygen atoms in total. The molecule has 0 aliphatic heterocycles. The number of halogens is 3. The van der Waals surface area contributed by atoms with E-state index in [9.17, 15) is 4.39 Å². The molecule has 0 amide bonds. The predicted molar refractivity (Wildman–Crippen MR) is 56.7 cm³/mol. The molecular weight excluding hydrogens is 256 g/mol. The highest BCUT2D eigenvalue weighted by Crippen LogP contribution is 2.16. The Morgan fingerprint density at radius 1 is 1.62 bits per heavy atom. The highest BCUT2D eigenvalue weighted by molar-refractivity contribution is 9.09. The molecule has 0 aliphatic rings. The number of pyridine rings is 1. The summed E-state index contributed by atoms with van der Waals surface area (Å²) in [5.41, 5.74) is 0.473. The maximum Gasteiger partial charge on any atom is 0.167 e. The molecule has 1 aromatic rings. The van der Waals surface area contributed by atoms with Crippen LogP contribution in [0.5, 0.6) is 0 Å². The van der Waals surface area contributed by atoms with E-state index in [4.69, 9.17) is 11.6 Å². The van der Waals surface area contributed by atoms with Crippen molar-refractivity contribution in [3.05, 3.63) is 34.9 Å². The van der Waals surface area contributed by atoms with Crippen LogP contribution in [0.1, 0.15) is 12.0 Å². The van der Waals surface area contributed by atoms with Gasteiger partial charge in [-0.1, -0.05) is 39.7 Å². The molecule has 13 heavy (non-hydrogen) atoms. The summed E-state index contributed by atoms with van der Waals surface area (Å²) in [5, 5.41) is 0.783. The van der Waals surface area contributed by atoms with Crippen LogP contribution in [0.2, 0.25) is 5.15 Å². The molecule has 0 saturated heterocycles. The molecular formula is C9H8BrClFN. The van der Waals surface area contributed by atoms with Crippen LogP contribution < -0.4 is 0 Å².